The van der Waals surface area contributed by atoms with E-state index in [9.17, 15) is 18.0 Å². The molecule has 0 aliphatic carbocycles. The molecule has 3 heterocycles. The maximum absolute atomic E-state index is 13.1. The Hall–Kier alpha value is -3.10. The van der Waals surface area contributed by atoms with Crippen LogP contribution in [0.2, 0.25) is 0 Å². The summed E-state index contributed by atoms with van der Waals surface area (Å²) < 4.78 is 42.7. The summed E-state index contributed by atoms with van der Waals surface area (Å²) >= 11 is 0. The Morgan fingerprint density at radius 3 is 2.77 bits per heavy atom. The smallest absolute Gasteiger partial charge is 0.350 e. The SMILES string of the molecule is Cc1nn(-c2cccc(C(F)(F)F)c2)c(C)c1CC(=O)NCc1cn2c(n1)CCCC2. The highest BCUT2D eigenvalue weighted by molar-refractivity contribution is 5.79. The van der Waals surface area contributed by atoms with Gasteiger partial charge in [0.1, 0.15) is 5.82 Å². The second-order valence-electron chi connectivity index (χ2n) is 7.86. The molecule has 4 rings (SSSR count). The first-order valence-electron chi connectivity index (χ1n) is 10.3. The molecule has 2 aromatic heterocycles. The molecule has 0 saturated heterocycles. The number of alkyl halides is 3. The van der Waals surface area contributed by atoms with Crippen molar-refractivity contribution in [1.82, 2.24) is 24.6 Å². The minimum absolute atomic E-state index is 0.101. The van der Waals surface area contributed by atoms with Gasteiger partial charge in [-0.3, -0.25) is 4.79 Å². The molecule has 9 heteroatoms. The van der Waals surface area contributed by atoms with Gasteiger partial charge in [0.15, 0.2) is 0 Å². The first kappa shape index (κ1) is 21.1. The van der Waals surface area contributed by atoms with E-state index in [1.54, 1.807) is 19.9 Å². The molecule has 0 atom stereocenters. The number of carbonyl (C=O) groups is 1. The fourth-order valence-electron chi connectivity index (χ4n) is 3.97. The van der Waals surface area contributed by atoms with Crippen LogP contribution in [-0.2, 0) is 36.9 Å². The molecule has 31 heavy (non-hydrogen) atoms. The molecule has 0 spiro atoms. The van der Waals surface area contributed by atoms with Gasteiger partial charge in [-0.1, -0.05) is 6.07 Å². The summed E-state index contributed by atoms with van der Waals surface area (Å²) in [5.74, 6) is 0.880. The van der Waals surface area contributed by atoms with E-state index in [1.807, 2.05) is 6.20 Å². The lowest BCUT2D eigenvalue weighted by molar-refractivity contribution is -0.137. The van der Waals surface area contributed by atoms with Crippen molar-refractivity contribution in [2.24, 2.45) is 0 Å². The highest BCUT2D eigenvalue weighted by Crippen LogP contribution is 2.31. The summed E-state index contributed by atoms with van der Waals surface area (Å²) in [7, 11) is 0. The van der Waals surface area contributed by atoms with Crippen LogP contribution in [0, 0.1) is 13.8 Å². The summed E-state index contributed by atoms with van der Waals surface area (Å²) in [6.07, 6.45) is 0.893. The molecule has 0 fully saturated rings. The Bertz CT molecular complexity index is 1090. The van der Waals surface area contributed by atoms with E-state index in [0.29, 0.717) is 29.2 Å². The van der Waals surface area contributed by atoms with Crippen LogP contribution < -0.4 is 5.32 Å². The van der Waals surface area contributed by atoms with Gasteiger partial charge in [0, 0.05) is 30.4 Å². The van der Waals surface area contributed by atoms with E-state index < -0.39 is 11.7 Å². The molecule has 3 aromatic rings. The Labute approximate surface area is 178 Å². The number of aromatic nitrogens is 4. The second-order valence-corrected chi connectivity index (χ2v) is 7.86. The van der Waals surface area contributed by atoms with Gasteiger partial charge in [-0.25, -0.2) is 9.67 Å². The number of nitrogens with one attached hydrogen (secondary N) is 1. The molecular weight excluding hydrogens is 407 g/mol. The summed E-state index contributed by atoms with van der Waals surface area (Å²) in [5.41, 5.74) is 2.37. The maximum atomic E-state index is 13.1. The predicted molar refractivity (Wildman–Crippen MR) is 109 cm³/mol. The number of hydrogen-bond donors (Lipinski definition) is 1. The monoisotopic (exact) mass is 431 g/mol. The van der Waals surface area contributed by atoms with Gasteiger partial charge in [-0.2, -0.15) is 18.3 Å². The lowest BCUT2D eigenvalue weighted by Crippen LogP contribution is -2.25. The number of rotatable bonds is 5. The van der Waals surface area contributed by atoms with E-state index in [2.05, 4.69) is 20.0 Å². The molecule has 0 saturated carbocycles. The molecule has 1 aromatic carbocycles. The van der Waals surface area contributed by atoms with Gasteiger partial charge in [-0.15, -0.1) is 0 Å². The molecule has 0 unspecified atom stereocenters. The lowest BCUT2D eigenvalue weighted by atomic mass is 10.1. The largest absolute Gasteiger partial charge is 0.416 e. The predicted octanol–water partition coefficient (Wildman–Crippen LogP) is 3.90. The minimum Gasteiger partial charge on any atom is -0.350 e. The third-order valence-electron chi connectivity index (χ3n) is 5.62. The summed E-state index contributed by atoms with van der Waals surface area (Å²) in [6.45, 7) is 4.82. The number of hydrogen-bond acceptors (Lipinski definition) is 3. The van der Waals surface area contributed by atoms with E-state index in [4.69, 9.17) is 0 Å². The number of benzene rings is 1. The van der Waals surface area contributed by atoms with Gasteiger partial charge in [0.25, 0.3) is 0 Å². The number of imidazole rings is 1. The van der Waals surface area contributed by atoms with Crippen LogP contribution in [0.4, 0.5) is 13.2 Å². The van der Waals surface area contributed by atoms with Crippen LogP contribution in [-0.4, -0.2) is 25.2 Å². The fraction of sp³-hybridized carbons (Fsp3) is 0.409. The van der Waals surface area contributed by atoms with E-state index in [-0.39, 0.29) is 12.3 Å². The van der Waals surface area contributed by atoms with Crippen molar-refractivity contribution in [3.63, 3.8) is 0 Å². The van der Waals surface area contributed by atoms with Crippen molar-refractivity contribution in [3.8, 4) is 5.69 Å². The Morgan fingerprint density at radius 2 is 2.03 bits per heavy atom. The third kappa shape index (κ3) is 4.50. The van der Waals surface area contributed by atoms with Crippen LogP contribution in [0.3, 0.4) is 0 Å². The maximum Gasteiger partial charge on any atom is 0.416 e. The number of nitrogens with zero attached hydrogens (tertiary/aromatic N) is 4. The van der Waals surface area contributed by atoms with Gasteiger partial charge in [0.05, 0.1) is 35.6 Å². The van der Waals surface area contributed by atoms with Crippen molar-refractivity contribution in [2.75, 3.05) is 0 Å². The molecule has 1 aliphatic heterocycles. The summed E-state index contributed by atoms with van der Waals surface area (Å²) in [6, 6.07) is 5.01. The van der Waals surface area contributed by atoms with E-state index in [0.717, 1.165) is 49.5 Å². The molecular formula is C22H24F3N5O. The van der Waals surface area contributed by atoms with Gasteiger partial charge < -0.3 is 9.88 Å². The van der Waals surface area contributed by atoms with Crippen LogP contribution in [0.25, 0.3) is 5.69 Å². The second kappa shape index (κ2) is 8.20. The summed E-state index contributed by atoms with van der Waals surface area (Å²) in [4.78, 5) is 17.1. The van der Waals surface area contributed by atoms with Crippen LogP contribution in [0.15, 0.2) is 30.5 Å². The van der Waals surface area contributed by atoms with Crippen molar-refractivity contribution in [3.05, 3.63) is 64.5 Å². The van der Waals surface area contributed by atoms with Crippen molar-refractivity contribution in [2.45, 2.75) is 58.8 Å². The molecule has 1 amide bonds. The van der Waals surface area contributed by atoms with Gasteiger partial charge in [-0.05, 0) is 44.9 Å². The minimum atomic E-state index is -4.43. The van der Waals surface area contributed by atoms with Crippen LogP contribution in [0.1, 0.15) is 46.9 Å². The van der Waals surface area contributed by atoms with Gasteiger partial charge >= 0.3 is 6.18 Å². The van der Waals surface area contributed by atoms with Crippen molar-refractivity contribution in [1.29, 1.82) is 0 Å². The highest BCUT2D eigenvalue weighted by atomic mass is 19.4. The quantitative estimate of drug-likeness (QED) is 0.667. The van der Waals surface area contributed by atoms with Gasteiger partial charge in [0.2, 0.25) is 5.91 Å². The Morgan fingerprint density at radius 1 is 1.23 bits per heavy atom. The molecule has 6 nitrogen and oxygen atoms in total. The van der Waals surface area contributed by atoms with Crippen LogP contribution >= 0.6 is 0 Å². The number of fused-ring (bicyclic) bond motifs is 1. The first-order valence-corrected chi connectivity index (χ1v) is 10.3. The van der Waals surface area contributed by atoms with Crippen molar-refractivity contribution < 1.29 is 18.0 Å². The first-order chi connectivity index (χ1) is 14.7. The molecule has 1 N–H and O–H groups in total. The summed E-state index contributed by atoms with van der Waals surface area (Å²) in [5, 5.41) is 7.26. The fourth-order valence-corrected chi connectivity index (χ4v) is 3.97. The Balaban J connectivity index is 1.46. The average molecular weight is 431 g/mol. The topological polar surface area (TPSA) is 64.7 Å². The third-order valence-corrected chi connectivity index (χ3v) is 5.62. The average Bonchev–Trinajstić information content (AvgIpc) is 3.27. The standard InChI is InChI=1S/C22H24F3N5O/c1-14-19(11-21(31)26-12-17-13-29-9-4-3-8-20(29)27-17)15(2)30(28-14)18-7-5-6-16(10-18)22(23,24)25/h5-7,10,13H,3-4,8-9,11-12H2,1-2H3,(H,26,31). The zero-order valence-electron chi connectivity index (χ0n) is 17.5. The van der Waals surface area contributed by atoms with E-state index in [1.165, 1.54) is 10.7 Å². The lowest BCUT2D eigenvalue weighted by Gasteiger charge is -2.11. The number of aryl methyl sites for hydroxylation is 3. The zero-order chi connectivity index (χ0) is 22.2. The number of carbonyl (C=O) groups excluding carboxylic acids is 1. The number of amides is 1. The Kier molecular flexibility index (Phi) is 5.60. The van der Waals surface area contributed by atoms with Crippen LogP contribution in [0.5, 0.6) is 0 Å². The van der Waals surface area contributed by atoms with E-state index >= 15 is 0 Å². The normalized spacial score (nSPS) is 13.8. The molecule has 0 bridgehead atoms. The molecule has 164 valence electrons. The number of halogens is 3. The zero-order valence-corrected chi connectivity index (χ0v) is 17.5. The van der Waals surface area contributed by atoms with Crippen molar-refractivity contribution >= 4 is 5.91 Å². The highest BCUT2D eigenvalue weighted by Gasteiger charge is 2.30. The molecule has 1 aliphatic rings. The molecule has 0 radical (unpaired) electrons.